The van der Waals surface area contributed by atoms with E-state index < -0.39 is 0 Å². The normalized spacial score (nSPS) is 10.4. The molecular formula is C23H23ClN2O2. The molecule has 0 spiro atoms. The number of amides is 1. The molecule has 0 radical (unpaired) electrons. The second-order valence-corrected chi connectivity index (χ2v) is 7.10. The summed E-state index contributed by atoms with van der Waals surface area (Å²) in [6.45, 7) is 4.60. The van der Waals surface area contributed by atoms with Crippen LogP contribution in [-0.2, 0) is 11.3 Å². The first kappa shape index (κ1) is 19.8. The van der Waals surface area contributed by atoms with Crippen molar-refractivity contribution in [1.82, 2.24) is 0 Å². The van der Waals surface area contributed by atoms with Gasteiger partial charge in [-0.25, -0.2) is 0 Å². The number of carbonyl (C=O) groups is 1. The number of anilines is 2. The van der Waals surface area contributed by atoms with E-state index in [2.05, 4.69) is 10.6 Å². The predicted molar refractivity (Wildman–Crippen MR) is 115 cm³/mol. The van der Waals surface area contributed by atoms with Gasteiger partial charge in [0.2, 0.25) is 0 Å². The average molecular weight is 395 g/mol. The Bertz CT molecular complexity index is 972. The Kier molecular flexibility index (Phi) is 6.56. The molecule has 0 unspecified atom stereocenters. The van der Waals surface area contributed by atoms with E-state index in [4.69, 9.17) is 16.3 Å². The highest BCUT2D eigenvalue weighted by Gasteiger charge is 2.05. The molecule has 3 rings (SSSR count). The standard InChI is InChI=1S/C23H23ClN2O2/c1-16-5-3-7-20(11-16)26-23(27)15-28-21-8-4-6-18(12-21)14-25-22-13-19(24)10-9-17(22)2/h3-13,25H,14-15H2,1-2H3,(H,26,27). The molecule has 0 saturated carbocycles. The summed E-state index contributed by atoms with van der Waals surface area (Å²) in [7, 11) is 0. The second kappa shape index (κ2) is 9.29. The van der Waals surface area contributed by atoms with E-state index in [0.717, 1.165) is 28.1 Å². The van der Waals surface area contributed by atoms with E-state index in [1.807, 2.05) is 80.6 Å². The van der Waals surface area contributed by atoms with Gasteiger partial charge >= 0.3 is 0 Å². The van der Waals surface area contributed by atoms with Crippen molar-refractivity contribution >= 4 is 28.9 Å². The van der Waals surface area contributed by atoms with Crippen LogP contribution in [0, 0.1) is 13.8 Å². The van der Waals surface area contributed by atoms with Crippen LogP contribution in [0.5, 0.6) is 5.75 Å². The van der Waals surface area contributed by atoms with Crippen molar-refractivity contribution in [2.24, 2.45) is 0 Å². The molecule has 2 N–H and O–H groups in total. The predicted octanol–water partition coefficient (Wildman–Crippen LogP) is 5.59. The molecule has 3 aromatic rings. The average Bonchev–Trinajstić information content (AvgIpc) is 2.67. The first-order valence-electron chi connectivity index (χ1n) is 9.08. The van der Waals surface area contributed by atoms with Gasteiger partial charge < -0.3 is 15.4 Å². The topological polar surface area (TPSA) is 50.4 Å². The number of hydrogen-bond acceptors (Lipinski definition) is 3. The van der Waals surface area contributed by atoms with Crippen molar-refractivity contribution in [3.05, 3.63) is 88.4 Å². The van der Waals surface area contributed by atoms with Crippen LogP contribution in [-0.4, -0.2) is 12.5 Å². The monoisotopic (exact) mass is 394 g/mol. The minimum absolute atomic E-state index is 0.0434. The maximum atomic E-state index is 12.1. The van der Waals surface area contributed by atoms with E-state index in [1.54, 1.807) is 0 Å². The quantitative estimate of drug-likeness (QED) is 0.549. The summed E-state index contributed by atoms with van der Waals surface area (Å²) in [6, 6.07) is 21.1. The third-order valence-electron chi connectivity index (χ3n) is 4.25. The van der Waals surface area contributed by atoms with Crippen LogP contribution in [0.3, 0.4) is 0 Å². The van der Waals surface area contributed by atoms with Gasteiger partial charge in [0.05, 0.1) is 0 Å². The highest BCUT2D eigenvalue weighted by atomic mass is 35.5. The summed E-state index contributed by atoms with van der Waals surface area (Å²) in [6.07, 6.45) is 0. The zero-order chi connectivity index (χ0) is 19.9. The van der Waals surface area contributed by atoms with E-state index in [9.17, 15) is 4.79 Å². The highest BCUT2D eigenvalue weighted by Crippen LogP contribution is 2.21. The first-order chi connectivity index (χ1) is 13.5. The smallest absolute Gasteiger partial charge is 0.262 e. The van der Waals surface area contributed by atoms with E-state index in [-0.39, 0.29) is 12.5 Å². The molecule has 0 aliphatic carbocycles. The van der Waals surface area contributed by atoms with Crippen LogP contribution in [0.4, 0.5) is 11.4 Å². The van der Waals surface area contributed by atoms with Gasteiger partial charge in [-0.05, 0) is 66.9 Å². The van der Waals surface area contributed by atoms with Gasteiger partial charge in [-0.3, -0.25) is 4.79 Å². The molecule has 28 heavy (non-hydrogen) atoms. The minimum atomic E-state index is -0.191. The molecule has 0 fully saturated rings. The molecule has 4 nitrogen and oxygen atoms in total. The summed E-state index contributed by atoms with van der Waals surface area (Å²) in [4.78, 5) is 12.1. The van der Waals surface area contributed by atoms with Gasteiger partial charge in [-0.2, -0.15) is 0 Å². The van der Waals surface area contributed by atoms with E-state index in [0.29, 0.717) is 17.3 Å². The Morgan fingerprint density at radius 1 is 1.00 bits per heavy atom. The fourth-order valence-corrected chi connectivity index (χ4v) is 2.97. The van der Waals surface area contributed by atoms with Gasteiger partial charge in [0.1, 0.15) is 5.75 Å². The molecule has 0 aromatic heterocycles. The van der Waals surface area contributed by atoms with Crippen LogP contribution in [0.15, 0.2) is 66.7 Å². The van der Waals surface area contributed by atoms with Crippen LogP contribution >= 0.6 is 11.6 Å². The minimum Gasteiger partial charge on any atom is -0.484 e. The second-order valence-electron chi connectivity index (χ2n) is 6.67. The van der Waals surface area contributed by atoms with Gasteiger partial charge in [0.25, 0.3) is 5.91 Å². The number of benzene rings is 3. The summed E-state index contributed by atoms with van der Waals surface area (Å²) < 4.78 is 5.64. The number of rotatable bonds is 7. The van der Waals surface area contributed by atoms with Crippen molar-refractivity contribution in [2.45, 2.75) is 20.4 Å². The van der Waals surface area contributed by atoms with E-state index in [1.165, 1.54) is 0 Å². The Balaban J connectivity index is 1.54. The van der Waals surface area contributed by atoms with Gasteiger partial charge in [-0.1, -0.05) is 41.9 Å². The number of aryl methyl sites for hydroxylation is 2. The largest absolute Gasteiger partial charge is 0.484 e. The summed E-state index contributed by atoms with van der Waals surface area (Å²) in [5.41, 5.74) is 5.04. The molecule has 0 atom stereocenters. The molecule has 0 bridgehead atoms. The molecule has 3 aromatic carbocycles. The summed E-state index contributed by atoms with van der Waals surface area (Å²) >= 11 is 6.06. The number of ether oxygens (including phenoxy) is 1. The third kappa shape index (κ3) is 5.76. The third-order valence-corrected chi connectivity index (χ3v) is 4.49. The first-order valence-corrected chi connectivity index (χ1v) is 9.46. The SMILES string of the molecule is Cc1cccc(NC(=O)COc2cccc(CNc3cc(Cl)ccc3C)c2)c1. The van der Waals surface area contributed by atoms with Crippen LogP contribution in [0.25, 0.3) is 0 Å². The Morgan fingerprint density at radius 3 is 2.64 bits per heavy atom. The van der Waals surface area contributed by atoms with Crippen molar-refractivity contribution in [2.75, 3.05) is 17.2 Å². The molecular weight excluding hydrogens is 372 g/mol. The summed E-state index contributed by atoms with van der Waals surface area (Å²) in [5.74, 6) is 0.463. The fourth-order valence-electron chi connectivity index (χ4n) is 2.80. The van der Waals surface area contributed by atoms with Crippen molar-refractivity contribution in [3.63, 3.8) is 0 Å². The van der Waals surface area contributed by atoms with Gasteiger partial charge in [0.15, 0.2) is 6.61 Å². The maximum absolute atomic E-state index is 12.1. The fraction of sp³-hybridized carbons (Fsp3) is 0.174. The number of halogens is 1. The van der Waals surface area contributed by atoms with Crippen molar-refractivity contribution in [3.8, 4) is 5.75 Å². The Hall–Kier alpha value is -2.98. The lowest BCUT2D eigenvalue weighted by molar-refractivity contribution is -0.118. The Labute approximate surface area is 170 Å². The van der Waals surface area contributed by atoms with Crippen LogP contribution in [0.1, 0.15) is 16.7 Å². The maximum Gasteiger partial charge on any atom is 0.262 e. The number of nitrogens with one attached hydrogen (secondary N) is 2. The number of carbonyl (C=O) groups excluding carboxylic acids is 1. The number of hydrogen-bond donors (Lipinski definition) is 2. The lowest BCUT2D eigenvalue weighted by atomic mass is 10.1. The molecule has 144 valence electrons. The zero-order valence-electron chi connectivity index (χ0n) is 16.0. The van der Waals surface area contributed by atoms with Crippen molar-refractivity contribution in [1.29, 1.82) is 0 Å². The zero-order valence-corrected chi connectivity index (χ0v) is 16.7. The van der Waals surface area contributed by atoms with Crippen LogP contribution in [0.2, 0.25) is 5.02 Å². The molecule has 0 aliphatic heterocycles. The van der Waals surface area contributed by atoms with Gasteiger partial charge in [0, 0.05) is 22.9 Å². The van der Waals surface area contributed by atoms with Crippen LogP contribution < -0.4 is 15.4 Å². The lowest BCUT2D eigenvalue weighted by Gasteiger charge is -2.12. The molecule has 0 aliphatic rings. The summed E-state index contributed by atoms with van der Waals surface area (Å²) in [5, 5.41) is 6.92. The highest BCUT2D eigenvalue weighted by molar-refractivity contribution is 6.30. The van der Waals surface area contributed by atoms with E-state index >= 15 is 0 Å². The van der Waals surface area contributed by atoms with Crippen molar-refractivity contribution < 1.29 is 9.53 Å². The Morgan fingerprint density at radius 2 is 1.82 bits per heavy atom. The molecule has 0 heterocycles. The molecule has 0 saturated heterocycles. The lowest BCUT2D eigenvalue weighted by Crippen LogP contribution is -2.20. The van der Waals surface area contributed by atoms with Gasteiger partial charge in [-0.15, -0.1) is 0 Å². The molecule has 1 amide bonds. The molecule has 5 heteroatoms.